The SMILES string of the molecule is CC(C)(C)C(C(C)(C)C)C(C)(C)C.CC(C)(C)C(C1CCCC1)C(C)(C)C. The van der Waals surface area contributed by atoms with E-state index in [1.807, 2.05) is 0 Å². The maximum absolute atomic E-state index is 2.42. The van der Waals surface area contributed by atoms with Gasteiger partial charge >= 0.3 is 0 Å². The molecule has 0 unspecified atom stereocenters. The van der Waals surface area contributed by atoms with Crippen LogP contribution in [-0.4, -0.2) is 0 Å². The molecule has 27 heavy (non-hydrogen) atoms. The lowest BCUT2D eigenvalue weighted by molar-refractivity contribution is 0.00270. The highest BCUT2D eigenvalue weighted by atomic mass is 14.5. The summed E-state index contributed by atoms with van der Waals surface area (Å²) in [4.78, 5) is 0. The molecule has 0 saturated heterocycles. The summed E-state index contributed by atoms with van der Waals surface area (Å²) in [6.07, 6.45) is 5.87. The molecular formula is C27H56. The van der Waals surface area contributed by atoms with E-state index < -0.39 is 0 Å². The first-order chi connectivity index (χ1) is 11.6. The van der Waals surface area contributed by atoms with Crippen molar-refractivity contribution in [2.24, 2.45) is 44.8 Å². The van der Waals surface area contributed by atoms with Gasteiger partial charge in [-0.25, -0.2) is 0 Å². The van der Waals surface area contributed by atoms with Gasteiger partial charge in [-0.1, -0.05) is 130 Å². The van der Waals surface area contributed by atoms with Crippen molar-refractivity contribution >= 4 is 0 Å². The van der Waals surface area contributed by atoms with Crippen LogP contribution in [0.5, 0.6) is 0 Å². The standard InChI is InChI=1S/C14H28.C13H28/c1-13(2,3)12(14(4,5)6)11-9-7-8-10-11;1-11(2,3)10(12(4,5)6)13(7,8)9/h11-12H,7-10H2,1-6H3;10H,1-9H3. The first kappa shape index (κ1) is 27.0. The molecule has 1 fully saturated rings. The van der Waals surface area contributed by atoms with Crippen LogP contribution in [0.2, 0.25) is 0 Å². The summed E-state index contributed by atoms with van der Waals surface area (Å²) in [7, 11) is 0. The highest BCUT2D eigenvalue weighted by Crippen LogP contribution is 2.50. The molecule has 1 aliphatic carbocycles. The lowest BCUT2D eigenvalue weighted by Gasteiger charge is -2.49. The van der Waals surface area contributed by atoms with Crippen molar-refractivity contribution in [3.63, 3.8) is 0 Å². The summed E-state index contributed by atoms with van der Waals surface area (Å²) in [6, 6.07) is 0. The van der Waals surface area contributed by atoms with Crippen molar-refractivity contribution in [3.8, 4) is 0 Å². The molecule has 0 aromatic carbocycles. The van der Waals surface area contributed by atoms with Gasteiger partial charge in [-0.15, -0.1) is 0 Å². The van der Waals surface area contributed by atoms with E-state index in [9.17, 15) is 0 Å². The second-order valence-corrected chi connectivity index (χ2v) is 14.8. The second kappa shape index (κ2) is 8.79. The van der Waals surface area contributed by atoms with E-state index in [1.165, 1.54) is 25.7 Å². The van der Waals surface area contributed by atoms with E-state index in [2.05, 4.69) is 104 Å². The molecule has 0 atom stereocenters. The van der Waals surface area contributed by atoms with Gasteiger partial charge in [0, 0.05) is 0 Å². The lowest BCUT2D eigenvalue weighted by Crippen LogP contribution is -2.41. The Morgan fingerprint density at radius 2 is 0.704 bits per heavy atom. The van der Waals surface area contributed by atoms with Gasteiger partial charge in [0.1, 0.15) is 0 Å². The van der Waals surface area contributed by atoms with Crippen LogP contribution < -0.4 is 0 Å². The summed E-state index contributed by atoms with van der Waals surface area (Å²) >= 11 is 0. The largest absolute Gasteiger partial charge is 0.0599 e. The Hall–Kier alpha value is 0. The number of hydrogen-bond acceptors (Lipinski definition) is 0. The summed E-state index contributed by atoms with van der Waals surface area (Å²) in [5, 5.41) is 0. The summed E-state index contributed by atoms with van der Waals surface area (Å²) in [5.41, 5.74) is 2.09. The average Bonchev–Trinajstić information content (AvgIpc) is 2.70. The third kappa shape index (κ3) is 8.91. The lowest BCUT2D eigenvalue weighted by atomic mass is 9.56. The van der Waals surface area contributed by atoms with Gasteiger partial charge < -0.3 is 0 Å². The maximum atomic E-state index is 2.42. The molecule has 0 radical (unpaired) electrons. The van der Waals surface area contributed by atoms with Crippen LogP contribution in [0.1, 0.15) is 130 Å². The quantitative estimate of drug-likeness (QED) is 0.424. The molecule has 0 aromatic rings. The van der Waals surface area contributed by atoms with Crippen LogP contribution in [-0.2, 0) is 0 Å². The molecule has 0 spiro atoms. The van der Waals surface area contributed by atoms with E-state index in [0.29, 0.717) is 27.1 Å². The van der Waals surface area contributed by atoms with Gasteiger partial charge in [0.2, 0.25) is 0 Å². The Morgan fingerprint density at radius 3 is 0.852 bits per heavy atom. The predicted octanol–water partition coefficient (Wildman–Crippen LogP) is 9.63. The van der Waals surface area contributed by atoms with Crippen molar-refractivity contribution < 1.29 is 0 Å². The van der Waals surface area contributed by atoms with Crippen LogP contribution >= 0.6 is 0 Å². The number of rotatable bonds is 1. The average molecular weight is 381 g/mol. The molecule has 164 valence electrons. The highest BCUT2D eigenvalue weighted by Gasteiger charge is 2.42. The fourth-order valence-corrected chi connectivity index (χ4v) is 7.90. The fraction of sp³-hybridized carbons (Fsp3) is 1.00. The molecule has 0 aliphatic heterocycles. The van der Waals surface area contributed by atoms with Crippen molar-refractivity contribution in [1.29, 1.82) is 0 Å². The molecular weight excluding hydrogens is 324 g/mol. The number of hydrogen-bond donors (Lipinski definition) is 0. The normalized spacial score (nSPS) is 18.1. The zero-order chi connectivity index (χ0) is 22.1. The predicted molar refractivity (Wildman–Crippen MR) is 126 cm³/mol. The summed E-state index contributed by atoms with van der Waals surface area (Å²) in [6.45, 7) is 35.7. The first-order valence-corrected chi connectivity index (χ1v) is 11.6. The van der Waals surface area contributed by atoms with Crippen molar-refractivity contribution in [3.05, 3.63) is 0 Å². The van der Waals surface area contributed by atoms with Crippen molar-refractivity contribution in [2.45, 2.75) is 130 Å². The van der Waals surface area contributed by atoms with Gasteiger partial charge in [0.05, 0.1) is 0 Å². The maximum Gasteiger partial charge on any atom is -0.0268 e. The van der Waals surface area contributed by atoms with E-state index >= 15 is 0 Å². The molecule has 0 bridgehead atoms. The molecule has 0 heteroatoms. The van der Waals surface area contributed by atoms with Crippen LogP contribution in [0.3, 0.4) is 0 Å². The van der Waals surface area contributed by atoms with E-state index in [4.69, 9.17) is 0 Å². The Kier molecular flexibility index (Phi) is 8.79. The Labute approximate surface area is 174 Å². The molecule has 1 rings (SSSR count). The Morgan fingerprint density at radius 1 is 0.444 bits per heavy atom. The molecule has 0 aromatic heterocycles. The summed E-state index contributed by atoms with van der Waals surface area (Å²) < 4.78 is 0. The minimum absolute atomic E-state index is 0.385. The molecule has 0 N–H and O–H groups in total. The monoisotopic (exact) mass is 380 g/mol. The molecule has 1 saturated carbocycles. The van der Waals surface area contributed by atoms with Gasteiger partial charge in [-0.2, -0.15) is 0 Å². The smallest absolute Gasteiger partial charge is 0.0268 e. The summed E-state index contributed by atoms with van der Waals surface area (Å²) in [5.74, 6) is 2.58. The van der Waals surface area contributed by atoms with Gasteiger partial charge in [-0.05, 0) is 44.8 Å². The van der Waals surface area contributed by atoms with E-state index in [0.717, 1.165) is 17.8 Å². The van der Waals surface area contributed by atoms with Crippen LogP contribution in [0.4, 0.5) is 0 Å². The molecule has 0 amide bonds. The van der Waals surface area contributed by atoms with Gasteiger partial charge in [0.25, 0.3) is 0 Å². The van der Waals surface area contributed by atoms with E-state index in [-0.39, 0.29) is 0 Å². The zero-order valence-corrected chi connectivity index (χ0v) is 22.1. The molecule has 0 nitrogen and oxygen atoms in total. The third-order valence-corrected chi connectivity index (χ3v) is 6.34. The minimum atomic E-state index is 0.385. The second-order valence-electron chi connectivity index (χ2n) is 14.8. The highest BCUT2D eigenvalue weighted by molar-refractivity contribution is 4.92. The van der Waals surface area contributed by atoms with Crippen molar-refractivity contribution in [1.82, 2.24) is 0 Å². The minimum Gasteiger partial charge on any atom is -0.0599 e. The Bertz CT molecular complexity index is 366. The van der Waals surface area contributed by atoms with E-state index in [1.54, 1.807) is 0 Å². The fourth-order valence-electron chi connectivity index (χ4n) is 7.90. The third-order valence-electron chi connectivity index (χ3n) is 6.34. The molecule has 0 heterocycles. The zero-order valence-electron chi connectivity index (χ0n) is 22.1. The Balaban J connectivity index is 0.000000503. The van der Waals surface area contributed by atoms with Crippen LogP contribution in [0.25, 0.3) is 0 Å². The first-order valence-electron chi connectivity index (χ1n) is 11.6. The topological polar surface area (TPSA) is 0 Å². The van der Waals surface area contributed by atoms with Gasteiger partial charge in [0.15, 0.2) is 0 Å². The van der Waals surface area contributed by atoms with Crippen molar-refractivity contribution in [2.75, 3.05) is 0 Å². The van der Waals surface area contributed by atoms with Crippen LogP contribution in [0, 0.1) is 44.8 Å². The van der Waals surface area contributed by atoms with Crippen LogP contribution in [0.15, 0.2) is 0 Å². The van der Waals surface area contributed by atoms with Gasteiger partial charge in [-0.3, -0.25) is 0 Å². The molecule has 1 aliphatic rings.